The summed E-state index contributed by atoms with van der Waals surface area (Å²) in [6.45, 7) is 6.13. The van der Waals surface area contributed by atoms with Crippen molar-refractivity contribution < 1.29 is 4.79 Å². The van der Waals surface area contributed by atoms with Crippen molar-refractivity contribution in [2.24, 2.45) is 11.7 Å². The first kappa shape index (κ1) is 14.5. The molecule has 3 N–H and O–H groups in total. The van der Waals surface area contributed by atoms with Crippen molar-refractivity contribution in [2.75, 3.05) is 25.0 Å². The highest BCUT2D eigenvalue weighted by atomic mass is 16.1. The van der Waals surface area contributed by atoms with E-state index in [-0.39, 0.29) is 12.5 Å². The molecule has 0 aliphatic carbocycles. The molecule has 0 aliphatic rings. The molecule has 1 rings (SSSR count). The number of amides is 1. The standard InChI is InChI=1S/C14H23N3O/c1-11(2)9-17(10-14(15)18)13-7-5-4-6-12(13)8-16-3/h4-7,11,16H,8-10H2,1-3H3,(H2,15,18). The third kappa shape index (κ3) is 4.37. The summed E-state index contributed by atoms with van der Waals surface area (Å²) in [6, 6.07) is 8.11. The molecule has 0 saturated heterocycles. The molecule has 0 bridgehead atoms. The lowest BCUT2D eigenvalue weighted by Crippen LogP contribution is -2.37. The lowest BCUT2D eigenvalue weighted by Gasteiger charge is -2.27. The maximum absolute atomic E-state index is 11.2. The first-order valence-electron chi connectivity index (χ1n) is 6.30. The average Bonchev–Trinajstić information content (AvgIpc) is 2.28. The zero-order chi connectivity index (χ0) is 13.5. The van der Waals surface area contributed by atoms with E-state index in [1.165, 1.54) is 5.56 Å². The number of nitrogens with two attached hydrogens (primary N) is 1. The highest BCUT2D eigenvalue weighted by Gasteiger charge is 2.14. The van der Waals surface area contributed by atoms with Crippen LogP contribution in [0.5, 0.6) is 0 Å². The largest absolute Gasteiger partial charge is 0.368 e. The van der Waals surface area contributed by atoms with Gasteiger partial charge in [0.05, 0.1) is 6.54 Å². The zero-order valence-electron chi connectivity index (χ0n) is 11.4. The lowest BCUT2D eigenvalue weighted by atomic mass is 10.1. The van der Waals surface area contributed by atoms with Gasteiger partial charge in [0.15, 0.2) is 0 Å². The molecule has 0 radical (unpaired) electrons. The van der Waals surface area contributed by atoms with Crippen molar-refractivity contribution in [1.82, 2.24) is 5.32 Å². The first-order valence-corrected chi connectivity index (χ1v) is 6.30. The number of hydrogen-bond donors (Lipinski definition) is 2. The number of nitrogens with zero attached hydrogens (tertiary/aromatic N) is 1. The molecule has 1 amide bonds. The second-order valence-electron chi connectivity index (χ2n) is 4.90. The average molecular weight is 249 g/mol. The molecule has 0 fully saturated rings. The second-order valence-corrected chi connectivity index (χ2v) is 4.90. The molecule has 4 heteroatoms. The van der Waals surface area contributed by atoms with Crippen LogP contribution in [-0.2, 0) is 11.3 Å². The van der Waals surface area contributed by atoms with Crippen molar-refractivity contribution >= 4 is 11.6 Å². The Morgan fingerprint density at radius 3 is 2.61 bits per heavy atom. The topological polar surface area (TPSA) is 58.4 Å². The van der Waals surface area contributed by atoms with Crippen LogP contribution in [0.15, 0.2) is 24.3 Å². The maximum Gasteiger partial charge on any atom is 0.236 e. The summed E-state index contributed by atoms with van der Waals surface area (Å²) >= 11 is 0. The van der Waals surface area contributed by atoms with Crippen LogP contribution in [0.25, 0.3) is 0 Å². The summed E-state index contributed by atoms with van der Waals surface area (Å²) in [6.07, 6.45) is 0. The van der Waals surface area contributed by atoms with Gasteiger partial charge in [-0.15, -0.1) is 0 Å². The van der Waals surface area contributed by atoms with Gasteiger partial charge in [-0.2, -0.15) is 0 Å². The number of anilines is 1. The van der Waals surface area contributed by atoms with E-state index in [4.69, 9.17) is 5.73 Å². The molecular weight excluding hydrogens is 226 g/mol. The quantitative estimate of drug-likeness (QED) is 0.767. The monoisotopic (exact) mass is 249 g/mol. The third-order valence-corrected chi connectivity index (χ3v) is 2.63. The van der Waals surface area contributed by atoms with Gasteiger partial charge in [-0.3, -0.25) is 4.79 Å². The van der Waals surface area contributed by atoms with E-state index in [2.05, 4.69) is 30.1 Å². The molecule has 1 aromatic rings. The molecule has 0 unspecified atom stereocenters. The van der Waals surface area contributed by atoms with Crippen molar-refractivity contribution in [3.05, 3.63) is 29.8 Å². The van der Waals surface area contributed by atoms with Crippen LogP contribution >= 0.6 is 0 Å². The van der Waals surface area contributed by atoms with Gasteiger partial charge in [-0.25, -0.2) is 0 Å². The van der Waals surface area contributed by atoms with Gasteiger partial charge in [0, 0.05) is 18.8 Å². The number of primary amides is 1. The van der Waals surface area contributed by atoms with Gasteiger partial charge in [0.25, 0.3) is 0 Å². The van der Waals surface area contributed by atoms with E-state index >= 15 is 0 Å². The molecule has 0 spiro atoms. The van der Waals surface area contributed by atoms with Gasteiger partial charge < -0.3 is 16.0 Å². The number of benzene rings is 1. The summed E-state index contributed by atoms with van der Waals surface area (Å²) in [4.78, 5) is 13.3. The van der Waals surface area contributed by atoms with Gasteiger partial charge in [-0.1, -0.05) is 32.0 Å². The Morgan fingerprint density at radius 2 is 2.06 bits per heavy atom. The molecule has 1 aromatic carbocycles. The molecule has 0 atom stereocenters. The Kier molecular flexibility index (Phi) is 5.65. The highest BCUT2D eigenvalue weighted by molar-refractivity contribution is 5.80. The molecule has 0 aromatic heterocycles. The summed E-state index contributed by atoms with van der Waals surface area (Å²) in [5, 5.41) is 3.14. The van der Waals surface area contributed by atoms with Crippen molar-refractivity contribution in [3.63, 3.8) is 0 Å². The number of carbonyl (C=O) groups is 1. The van der Waals surface area contributed by atoms with Crippen LogP contribution < -0.4 is 16.0 Å². The van der Waals surface area contributed by atoms with E-state index in [0.717, 1.165) is 18.8 Å². The Morgan fingerprint density at radius 1 is 1.39 bits per heavy atom. The fourth-order valence-corrected chi connectivity index (χ4v) is 2.04. The summed E-state index contributed by atoms with van der Waals surface area (Å²) in [5.74, 6) is 0.182. The fourth-order valence-electron chi connectivity index (χ4n) is 2.04. The Labute approximate surface area is 109 Å². The van der Waals surface area contributed by atoms with Crippen molar-refractivity contribution in [1.29, 1.82) is 0 Å². The number of nitrogens with one attached hydrogen (secondary N) is 1. The number of para-hydroxylation sites is 1. The zero-order valence-corrected chi connectivity index (χ0v) is 11.4. The smallest absolute Gasteiger partial charge is 0.236 e. The fraction of sp³-hybridized carbons (Fsp3) is 0.500. The van der Waals surface area contributed by atoms with E-state index < -0.39 is 0 Å². The predicted octanol–water partition coefficient (Wildman–Crippen LogP) is 1.35. The Bertz CT molecular complexity index is 390. The van der Waals surface area contributed by atoms with E-state index in [1.807, 2.05) is 25.2 Å². The molecule has 0 saturated carbocycles. The van der Waals surface area contributed by atoms with Gasteiger partial charge in [-0.05, 0) is 24.6 Å². The van der Waals surface area contributed by atoms with Crippen molar-refractivity contribution in [3.8, 4) is 0 Å². The van der Waals surface area contributed by atoms with Crippen LogP contribution in [0.3, 0.4) is 0 Å². The van der Waals surface area contributed by atoms with Crippen LogP contribution in [0.4, 0.5) is 5.69 Å². The van der Waals surface area contributed by atoms with Crippen LogP contribution in [0.1, 0.15) is 19.4 Å². The van der Waals surface area contributed by atoms with Crippen molar-refractivity contribution in [2.45, 2.75) is 20.4 Å². The minimum Gasteiger partial charge on any atom is -0.368 e. The highest BCUT2D eigenvalue weighted by Crippen LogP contribution is 2.21. The minimum absolute atomic E-state index is 0.263. The Hall–Kier alpha value is -1.55. The molecular formula is C14H23N3O. The summed E-state index contributed by atoms with van der Waals surface area (Å²) in [5.41, 5.74) is 7.60. The molecule has 0 aliphatic heterocycles. The van der Waals surface area contributed by atoms with Crippen LogP contribution in [0.2, 0.25) is 0 Å². The molecule has 0 heterocycles. The van der Waals surface area contributed by atoms with E-state index in [9.17, 15) is 4.79 Å². The van der Waals surface area contributed by atoms with Gasteiger partial charge in [0.2, 0.25) is 5.91 Å². The second kappa shape index (κ2) is 7.01. The van der Waals surface area contributed by atoms with E-state index in [1.54, 1.807) is 0 Å². The summed E-state index contributed by atoms with van der Waals surface area (Å²) in [7, 11) is 1.91. The first-order chi connectivity index (χ1) is 8.54. The lowest BCUT2D eigenvalue weighted by molar-refractivity contribution is -0.116. The Balaban J connectivity index is 2.99. The van der Waals surface area contributed by atoms with Gasteiger partial charge >= 0.3 is 0 Å². The summed E-state index contributed by atoms with van der Waals surface area (Å²) < 4.78 is 0. The SMILES string of the molecule is CNCc1ccccc1N(CC(N)=O)CC(C)C. The molecule has 18 heavy (non-hydrogen) atoms. The number of carbonyl (C=O) groups excluding carboxylic acids is 1. The van der Waals surface area contributed by atoms with Crippen LogP contribution in [0, 0.1) is 5.92 Å². The third-order valence-electron chi connectivity index (χ3n) is 2.63. The van der Waals surface area contributed by atoms with Gasteiger partial charge in [0.1, 0.15) is 0 Å². The normalized spacial score (nSPS) is 10.7. The number of hydrogen-bond acceptors (Lipinski definition) is 3. The minimum atomic E-state index is -0.296. The predicted molar refractivity (Wildman–Crippen MR) is 75.5 cm³/mol. The number of rotatable bonds is 7. The molecule has 4 nitrogen and oxygen atoms in total. The maximum atomic E-state index is 11.2. The van der Waals surface area contributed by atoms with E-state index in [0.29, 0.717) is 5.92 Å². The van der Waals surface area contributed by atoms with Crippen LogP contribution in [-0.4, -0.2) is 26.0 Å². The molecule has 100 valence electrons.